The van der Waals surface area contributed by atoms with Gasteiger partial charge in [0.05, 0.1) is 7.11 Å². The standard InChI is InChI=1S/C18H30N2O/c1-14(2)20(3)13-5-12-19-18(15-6-7-15)16-8-10-17(21-4)11-9-16/h8-11,14-15,18-19H,5-7,12-13H2,1-4H3. The largest absolute Gasteiger partial charge is 0.497 e. The fourth-order valence-corrected chi connectivity index (χ4v) is 2.64. The summed E-state index contributed by atoms with van der Waals surface area (Å²) in [5, 5.41) is 3.76. The first-order chi connectivity index (χ1) is 10.1. The summed E-state index contributed by atoms with van der Waals surface area (Å²) in [5.41, 5.74) is 1.40. The van der Waals surface area contributed by atoms with Gasteiger partial charge in [0.25, 0.3) is 0 Å². The number of nitrogens with zero attached hydrogens (tertiary/aromatic N) is 1. The zero-order valence-corrected chi connectivity index (χ0v) is 13.9. The summed E-state index contributed by atoms with van der Waals surface area (Å²) in [5.74, 6) is 1.76. The average Bonchev–Trinajstić information content (AvgIpc) is 3.32. The minimum absolute atomic E-state index is 0.514. The van der Waals surface area contributed by atoms with Gasteiger partial charge in [-0.1, -0.05) is 12.1 Å². The van der Waals surface area contributed by atoms with Crippen molar-refractivity contribution in [1.29, 1.82) is 0 Å². The predicted octanol–water partition coefficient (Wildman–Crippen LogP) is 3.47. The minimum atomic E-state index is 0.514. The number of rotatable bonds is 9. The van der Waals surface area contributed by atoms with E-state index in [0.717, 1.165) is 24.8 Å². The lowest BCUT2D eigenvalue weighted by Crippen LogP contribution is -2.31. The molecule has 1 fully saturated rings. The molecule has 1 atom stereocenters. The van der Waals surface area contributed by atoms with Crippen LogP contribution in [0, 0.1) is 5.92 Å². The summed E-state index contributed by atoms with van der Waals surface area (Å²) in [6.45, 7) is 6.74. The van der Waals surface area contributed by atoms with E-state index in [2.05, 4.69) is 55.4 Å². The topological polar surface area (TPSA) is 24.5 Å². The van der Waals surface area contributed by atoms with Gasteiger partial charge in [-0.25, -0.2) is 0 Å². The SMILES string of the molecule is COc1ccc(C(NCCCN(C)C(C)C)C2CC2)cc1. The van der Waals surface area contributed by atoms with Crippen molar-refractivity contribution < 1.29 is 4.74 Å². The lowest BCUT2D eigenvalue weighted by molar-refractivity contribution is 0.267. The van der Waals surface area contributed by atoms with E-state index in [-0.39, 0.29) is 0 Å². The third-order valence-corrected chi connectivity index (χ3v) is 4.50. The zero-order chi connectivity index (χ0) is 15.2. The molecule has 2 rings (SSSR count). The Hall–Kier alpha value is -1.06. The highest BCUT2D eigenvalue weighted by atomic mass is 16.5. The summed E-state index contributed by atoms with van der Waals surface area (Å²) in [7, 11) is 3.92. The van der Waals surface area contributed by atoms with Crippen molar-refractivity contribution in [2.24, 2.45) is 5.92 Å². The van der Waals surface area contributed by atoms with E-state index in [0.29, 0.717) is 12.1 Å². The number of hydrogen-bond donors (Lipinski definition) is 1. The summed E-state index contributed by atoms with van der Waals surface area (Å²) in [4.78, 5) is 2.40. The monoisotopic (exact) mass is 290 g/mol. The molecule has 0 radical (unpaired) electrons. The van der Waals surface area contributed by atoms with E-state index in [1.54, 1.807) is 7.11 Å². The van der Waals surface area contributed by atoms with Crippen molar-refractivity contribution in [3.8, 4) is 5.75 Å². The molecule has 1 N–H and O–H groups in total. The normalized spacial score (nSPS) is 16.5. The van der Waals surface area contributed by atoms with Gasteiger partial charge in [0.2, 0.25) is 0 Å². The van der Waals surface area contributed by atoms with Gasteiger partial charge in [0, 0.05) is 12.1 Å². The van der Waals surface area contributed by atoms with Crippen LogP contribution in [-0.4, -0.2) is 38.2 Å². The van der Waals surface area contributed by atoms with Gasteiger partial charge in [0.15, 0.2) is 0 Å². The molecular weight excluding hydrogens is 260 g/mol. The summed E-state index contributed by atoms with van der Waals surface area (Å²) in [6.07, 6.45) is 3.92. The number of nitrogens with one attached hydrogen (secondary N) is 1. The van der Waals surface area contributed by atoms with Crippen molar-refractivity contribution in [3.63, 3.8) is 0 Å². The summed E-state index contributed by atoms with van der Waals surface area (Å²) in [6, 6.07) is 9.69. The minimum Gasteiger partial charge on any atom is -0.497 e. The lowest BCUT2D eigenvalue weighted by atomic mass is 10.0. The van der Waals surface area contributed by atoms with Gasteiger partial charge in [-0.2, -0.15) is 0 Å². The molecule has 21 heavy (non-hydrogen) atoms. The molecule has 0 aliphatic heterocycles. The number of benzene rings is 1. The van der Waals surface area contributed by atoms with Crippen molar-refractivity contribution in [3.05, 3.63) is 29.8 Å². The van der Waals surface area contributed by atoms with E-state index in [9.17, 15) is 0 Å². The summed E-state index contributed by atoms with van der Waals surface area (Å²) < 4.78 is 5.25. The van der Waals surface area contributed by atoms with Crippen LogP contribution in [0.25, 0.3) is 0 Å². The highest BCUT2D eigenvalue weighted by molar-refractivity contribution is 5.30. The molecule has 1 aromatic rings. The molecule has 1 aliphatic rings. The van der Waals surface area contributed by atoms with Crippen LogP contribution in [0.5, 0.6) is 5.75 Å². The summed E-state index contributed by atoms with van der Waals surface area (Å²) >= 11 is 0. The fourth-order valence-electron chi connectivity index (χ4n) is 2.64. The third kappa shape index (κ3) is 5.01. The van der Waals surface area contributed by atoms with E-state index < -0.39 is 0 Å². The number of hydrogen-bond acceptors (Lipinski definition) is 3. The van der Waals surface area contributed by atoms with Crippen LogP contribution in [0.15, 0.2) is 24.3 Å². The number of methoxy groups -OCH3 is 1. The van der Waals surface area contributed by atoms with Gasteiger partial charge in [0.1, 0.15) is 5.75 Å². The first-order valence-corrected chi connectivity index (χ1v) is 8.19. The van der Waals surface area contributed by atoms with E-state index in [1.807, 2.05) is 0 Å². The van der Waals surface area contributed by atoms with Gasteiger partial charge in [-0.05, 0) is 76.9 Å². The quantitative estimate of drug-likeness (QED) is 0.705. The van der Waals surface area contributed by atoms with Crippen molar-refractivity contribution in [2.45, 2.75) is 45.2 Å². The molecule has 1 aliphatic carbocycles. The second kappa shape index (κ2) is 7.81. The molecule has 0 heterocycles. The van der Waals surface area contributed by atoms with Crippen molar-refractivity contribution in [1.82, 2.24) is 10.2 Å². The molecule has 0 bridgehead atoms. The Morgan fingerprint density at radius 3 is 2.43 bits per heavy atom. The molecule has 3 nitrogen and oxygen atoms in total. The Labute approximate surface area is 129 Å². The third-order valence-electron chi connectivity index (χ3n) is 4.50. The van der Waals surface area contributed by atoms with Crippen molar-refractivity contribution in [2.75, 3.05) is 27.2 Å². The van der Waals surface area contributed by atoms with Crippen molar-refractivity contribution >= 4 is 0 Å². The molecule has 0 aromatic heterocycles. The highest BCUT2D eigenvalue weighted by Gasteiger charge is 2.31. The molecule has 1 saturated carbocycles. The van der Waals surface area contributed by atoms with Crippen LogP contribution in [0.2, 0.25) is 0 Å². The molecule has 1 aromatic carbocycles. The smallest absolute Gasteiger partial charge is 0.118 e. The Morgan fingerprint density at radius 2 is 1.90 bits per heavy atom. The van der Waals surface area contributed by atoms with Crippen LogP contribution in [0.1, 0.15) is 44.7 Å². The van der Waals surface area contributed by atoms with Crippen LogP contribution in [0.3, 0.4) is 0 Å². The lowest BCUT2D eigenvalue weighted by Gasteiger charge is -2.23. The molecule has 1 unspecified atom stereocenters. The molecule has 0 spiro atoms. The maximum atomic E-state index is 5.25. The second-order valence-electron chi connectivity index (χ2n) is 6.47. The van der Waals surface area contributed by atoms with Gasteiger partial charge < -0.3 is 15.0 Å². The fraction of sp³-hybridized carbons (Fsp3) is 0.667. The Kier molecular flexibility index (Phi) is 6.07. The molecule has 0 amide bonds. The second-order valence-corrected chi connectivity index (χ2v) is 6.47. The van der Waals surface area contributed by atoms with E-state index in [1.165, 1.54) is 24.8 Å². The molecule has 0 saturated heterocycles. The van der Waals surface area contributed by atoms with Gasteiger partial charge >= 0.3 is 0 Å². The van der Waals surface area contributed by atoms with Crippen LogP contribution in [-0.2, 0) is 0 Å². The molecule has 118 valence electrons. The van der Waals surface area contributed by atoms with E-state index in [4.69, 9.17) is 4.74 Å². The highest BCUT2D eigenvalue weighted by Crippen LogP contribution is 2.41. The first-order valence-electron chi connectivity index (χ1n) is 8.19. The van der Waals surface area contributed by atoms with Crippen LogP contribution in [0.4, 0.5) is 0 Å². The zero-order valence-electron chi connectivity index (χ0n) is 13.9. The first kappa shape index (κ1) is 16.3. The average molecular weight is 290 g/mol. The van der Waals surface area contributed by atoms with Crippen LogP contribution >= 0.6 is 0 Å². The maximum absolute atomic E-state index is 5.25. The Bertz CT molecular complexity index is 412. The van der Waals surface area contributed by atoms with Crippen LogP contribution < -0.4 is 10.1 Å². The van der Waals surface area contributed by atoms with Gasteiger partial charge in [-0.3, -0.25) is 0 Å². The Balaban J connectivity index is 1.82. The maximum Gasteiger partial charge on any atom is 0.118 e. The Morgan fingerprint density at radius 1 is 1.24 bits per heavy atom. The van der Waals surface area contributed by atoms with Gasteiger partial charge in [-0.15, -0.1) is 0 Å². The predicted molar refractivity (Wildman–Crippen MR) is 88.8 cm³/mol. The number of ether oxygens (including phenoxy) is 1. The van der Waals surface area contributed by atoms with E-state index >= 15 is 0 Å². The molecule has 3 heteroatoms. The molecular formula is C18H30N2O.